The van der Waals surface area contributed by atoms with Gasteiger partial charge in [-0.1, -0.05) is 0 Å². The average molecular weight is 386 g/mol. The van der Waals surface area contributed by atoms with E-state index in [0.29, 0.717) is 44.3 Å². The average Bonchev–Trinajstić information content (AvgIpc) is 3.18. The first-order valence-electron chi connectivity index (χ1n) is 9.42. The first-order chi connectivity index (χ1) is 13.7. The number of nitrogens with zero attached hydrogens (tertiary/aromatic N) is 2. The van der Waals surface area contributed by atoms with Gasteiger partial charge < -0.3 is 25.0 Å². The van der Waals surface area contributed by atoms with Crippen LogP contribution in [0.25, 0.3) is 0 Å². The molecule has 2 N–H and O–H groups in total. The van der Waals surface area contributed by atoms with Crippen LogP contribution in [0.4, 0.5) is 20.6 Å². The van der Waals surface area contributed by atoms with E-state index in [9.17, 15) is 9.18 Å². The fraction of sp³-hybridized carbons (Fsp3) is 0.400. The summed E-state index contributed by atoms with van der Waals surface area (Å²) in [6, 6.07) is 7.67. The Morgan fingerprint density at radius 3 is 2.71 bits per heavy atom. The predicted octanol–water partition coefficient (Wildman–Crippen LogP) is 2.71. The van der Waals surface area contributed by atoms with Crippen molar-refractivity contribution >= 4 is 17.4 Å². The third-order valence-corrected chi connectivity index (χ3v) is 5.00. The Morgan fingerprint density at radius 1 is 1.14 bits per heavy atom. The minimum Gasteiger partial charge on any atom is -0.378 e. The quantitative estimate of drug-likeness (QED) is 0.845. The molecular formula is C20H23FN4O3. The lowest BCUT2D eigenvalue weighted by Gasteiger charge is -2.30. The van der Waals surface area contributed by atoms with Crippen LogP contribution in [-0.2, 0) is 9.47 Å². The first-order valence-corrected chi connectivity index (χ1v) is 9.42. The molecule has 1 aromatic heterocycles. The normalized spacial score (nSPS) is 22.1. The van der Waals surface area contributed by atoms with Gasteiger partial charge in [-0.15, -0.1) is 0 Å². The highest BCUT2D eigenvalue weighted by Crippen LogP contribution is 2.30. The molecule has 0 aliphatic carbocycles. The van der Waals surface area contributed by atoms with Gasteiger partial charge in [-0.2, -0.15) is 0 Å². The molecule has 2 aliphatic rings. The van der Waals surface area contributed by atoms with Gasteiger partial charge >= 0.3 is 6.03 Å². The molecule has 8 heteroatoms. The zero-order valence-electron chi connectivity index (χ0n) is 15.4. The second kappa shape index (κ2) is 8.53. The number of rotatable bonds is 4. The van der Waals surface area contributed by atoms with Crippen LogP contribution in [0.1, 0.15) is 18.1 Å². The van der Waals surface area contributed by atoms with Gasteiger partial charge in [0.1, 0.15) is 11.9 Å². The Balaban J connectivity index is 1.45. The molecule has 2 aromatic rings. The summed E-state index contributed by atoms with van der Waals surface area (Å²) in [5.41, 5.74) is 2.21. The molecule has 0 bridgehead atoms. The van der Waals surface area contributed by atoms with Crippen molar-refractivity contribution in [3.8, 4) is 0 Å². The molecule has 148 valence electrons. The molecule has 0 unspecified atom stereocenters. The van der Waals surface area contributed by atoms with Crippen molar-refractivity contribution in [2.45, 2.75) is 18.6 Å². The summed E-state index contributed by atoms with van der Waals surface area (Å²) in [4.78, 5) is 18.7. The smallest absolute Gasteiger partial charge is 0.319 e. The van der Waals surface area contributed by atoms with Crippen LogP contribution in [0.2, 0.25) is 0 Å². The Hall–Kier alpha value is -2.71. The minimum atomic E-state index is -0.339. The topological polar surface area (TPSA) is 75.7 Å². The van der Waals surface area contributed by atoms with Crippen molar-refractivity contribution in [3.05, 3.63) is 54.1 Å². The minimum absolute atomic E-state index is 0.144. The summed E-state index contributed by atoms with van der Waals surface area (Å²) in [7, 11) is 0. The number of halogens is 1. The Labute approximate surface area is 162 Å². The number of anilines is 2. The van der Waals surface area contributed by atoms with Crippen molar-refractivity contribution in [2.24, 2.45) is 0 Å². The summed E-state index contributed by atoms with van der Waals surface area (Å²) in [5, 5.41) is 5.86. The second-order valence-electron chi connectivity index (χ2n) is 6.83. The summed E-state index contributed by atoms with van der Waals surface area (Å²) in [5.74, 6) is -0.339. The summed E-state index contributed by atoms with van der Waals surface area (Å²) >= 11 is 0. The van der Waals surface area contributed by atoms with E-state index in [0.717, 1.165) is 12.0 Å². The van der Waals surface area contributed by atoms with Gasteiger partial charge in [-0.05, 0) is 42.3 Å². The first kappa shape index (κ1) is 18.6. The van der Waals surface area contributed by atoms with E-state index in [4.69, 9.17) is 9.47 Å². The molecular weight excluding hydrogens is 363 g/mol. The molecule has 0 spiro atoms. The molecule has 2 atom stereocenters. The van der Waals surface area contributed by atoms with Crippen LogP contribution in [-0.4, -0.2) is 50.0 Å². The Kier molecular flexibility index (Phi) is 5.68. The van der Waals surface area contributed by atoms with Crippen LogP contribution in [0, 0.1) is 5.82 Å². The number of nitrogens with one attached hydrogen (secondary N) is 2. The number of hydrogen-bond acceptors (Lipinski definition) is 5. The van der Waals surface area contributed by atoms with Crippen molar-refractivity contribution in [2.75, 3.05) is 43.1 Å². The van der Waals surface area contributed by atoms with Crippen LogP contribution in [0.15, 0.2) is 42.7 Å². The standard InChI is InChI=1S/C20H23FN4O3/c21-15-1-2-16(18(13-15)25-8-11-27-12-9-25)23-20(26)24-17-5-10-28-19(17)14-3-6-22-7-4-14/h1-4,6-7,13,17,19H,5,8-12H2,(H2,23,24,26)/t17-,19+/m1/s1. The molecule has 28 heavy (non-hydrogen) atoms. The van der Waals surface area contributed by atoms with E-state index in [-0.39, 0.29) is 24.0 Å². The monoisotopic (exact) mass is 386 g/mol. The lowest BCUT2D eigenvalue weighted by atomic mass is 10.0. The Bertz CT molecular complexity index is 814. The van der Waals surface area contributed by atoms with Gasteiger partial charge in [0.2, 0.25) is 0 Å². The molecule has 2 amide bonds. The number of benzene rings is 1. The lowest BCUT2D eigenvalue weighted by Crippen LogP contribution is -2.40. The maximum Gasteiger partial charge on any atom is 0.319 e. The molecule has 2 aliphatic heterocycles. The summed E-state index contributed by atoms with van der Waals surface area (Å²) in [6.45, 7) is 3.04. The summed E-state index contributed by atoms with van der Waals surface area (Å²) < 4.78 is 25.0. The highest BCUT2D eigenvalue weighted by atomic mass is 19.1. The molecule has 1 aromatic carbocycles. The lowest BCUT2D eigenvalue weighted by molar-refractivity contribution is 0.100. The molecule has 2 fully saturated rings. The number of aromatic nitrogens is 1. The fourth-order valence-electron chi connectivity index (χ4n) is 3.62. The van der Waals surface area contributed by atoms with Crippen LogP contribution < -0.4 is 15.5 Å². The summed E-state index contributed by atoms with van der Waals surface area (Å²) in [6.07, 6.45) is 3.93. The van der Waals surface area contributed by atoms with Crippen LogP contribution in [0.5, 0.6) is 0 Å². The third kappa shape index (κ3) is 4.23. The SMILES string of the molecule is O=C(Nc1ccc(F)cc1N1CCOCC1)N[C@@H]1CCO[C@H]1c1ccncc1. The number of ether oxygens (including phenoxy) is 2. The molecule has 3 heterocycles. The molecule has 4 rings (SSSR count). The van der Waals surface area contributed by atoms with Crippen molar-refractivity contribution < 1.29 is 18.7 Å². The van der Waals surface area contributed by atoms with E-state index in [1.165, 1.54) is 12.1 Å². The number of amides is 2. The van der Waals surface area contributed by atoms with E-state index in [1.54, 1.807) is 18.5 Å². The largest absolute Gasteiger partial charge is 0.378 e. The van der Waals surface area contributed by atoms with Gasteiger partial charge in [0.05, 0.1) is 30.6 Å². The fourth-order valence-corrected chi connectivity index (χ4v) is 3.62. The van der Waals surface area contributed by atoms with E-state index < -0.39 is 0 Å². The van der Waals surface area contributed by atoms with Crippen LogP contribution >= 0.6 is 0 Å². The highest BCUT2D eigenvalue weighted by molar-refractivity contribution is 5.93. The number of pyridine rings is 1. The molecule has 7 nitrogen and oxygen atoms in total. The van der Waals surface area contributed by atoms with Crippen molar-refractivity contribution in [3.63, 3.8) is 0 Å². The van der Waals surface area contributed by atoms with Gasteiger partial charge in [-0.3, -0.25) is 4.98 Å². The van der Waals surface area contributed by atoms with Crippen LogP contribution in [0.3, 0.4) is 0 Å². The van der Waals surface area contributed by atoms with Gasteiger partial charge in [-0.25, -0.2) is 9.18 Å². The number of carbonyl (C=O) groups excluding carboxylic acids is 1. The maximum atomic E-state index is 13.8. The zero-order chi connectivity index (χ0) is 19.3. The number of morpholine rings is 1. The molecule has 0 radical (unpaired) electrons. The number of carbonyl (C=O) groups is 1. The van der Waals surface area contributed by atoms with Crippen molar-refractivity contribution in [1.29, 1.82) is 0 Å². The maximum absolute atomic E-state index is 13.8. The van der Waals surface area contributed by atoms with E-state index in [2.05, 4.69) is 15.6 Å². The van der Waals surface area contributed by atoms with E-state index >= 15 is 0 Å². The number of hydrogen-bond donors (Lipinski definition) is 2. The number of urea groups is 1. The molecule has 0 saturated carbocycles. The zero-order valence-corrected chi connectivity index (χ0v) is 15.4. The third-order valence-electron chi connectivity index (χ3n) is 5.00. The van der Waals surface area contributed by atoms with E-state index in [1.807, 2.05) is 17.0 Å². The van der Waals surface area contributed by atoms with Crippen molar-refractivity contribution in [1.82, 2.24) is 10.3 Å². The van der Waals surface area contributed by atoms with Gasteiger partial charge in [0.15, 0.2) is 0 Å². The Morgan fingerprint density at radius 2 is 1.93 bits per heavy atom. The molecule has 2 saturated heterocycles. The van der Waals surface area contributed by atoms with Gasteiger partial charge in [0, 0.05) is 32.1 Å². The predicted molar refractivity (Wildman–Crippen MR) is 103 cm³/mol. The highest BCUT2D eigenvalue weighted by Gasteiger charge is 2.31. The van der Waals surface area contributed by atoms with Gasteiger partial charge in [0.25, 0.3) is 0 Å². The second-order valence-corrected chi connectivity index (χ2v) is 6.83.